The largest absolute Gasteiger partial charge is 0.443 e. The zero-order valence-corrected chi connectivity index (χ0v) is 12.1. The summed E-state index contributed by atoms with van der Waals surface area (Å²) >= 11 is 6.02. The molecule has 0 amide bonds. The number of rotatable bonds is 2. The van der Waals surface area contributed by atoms with Crippen molar-refractivity contribution in [2.75, 3.05) is 0 Å². The number of benzene rings is 2. The van der Waals surface area contributed by atoms with E-state index in [0.717, 1.165) is 5.56 Å². The molecule has 0 radical (unpaired) electrons. The lowest BCUT2D eigenvalue weighted by Gasteiger charge is -2.03. The molecule has 3 aromatic rings. The highest BCUT2D eigenvalue weighted by Crippen LogP contribution is 2.35. The monoisotopic (exact) mass is 323 g/mol. The Hall–Kier alpha value is -1.79. The first-order chi connectivity index (χ1) is 9.95. The van der Waals surface area contributed by atoms with Crippen LogP contribution in [0, 0.1) is 0 Å². The first kappa shape index (κ1) is 14.2. The molecular weight excluding hydrogens is 315 g/mol. The summed E-state index contributed by atoms with van der Waals surface area (Å²) < 4.78 is 38.5. The van der Waals surface area contributed by atoms with Crippen molar-refractivity contribution in [3.05, 3.63) is 64.7 Å². The molecule has 1 heterocycles. The summed E-state index contributed by atoms with van der Waals surface area (Å²) in [7, 11) is 0. The Morgan fingerprint density at radius 1 is 1.00 bits per heavy atom. The second-order valence-corrected chi connectivity index (χ2v) is 5.83. The molecule has 0 aliphatic heterocycles. The molecule has 6 heteroatoms. The average Bonchev–Trinajstić information content (AvgIpc) is 2.90. The van der Waals surface area contributed by atoms with E-state index in [1.807, 2.05) is 30.3 Å². The fourth-order valence-electron chi connectivity index (χ4n) is 1.95. The predicted octanol–water partition coefficient (Wildman–Crippen LogP) is 5.08. The van der Waals surface area contributed by atoms with Crippen LogP contribution in [0.2, 0.25) is 0 Å². The maximum absolute atomic E-state index is 12.7. The first-order valence-electron chi connectivity index (χ1n) is 6.03. The van der Waals surface area contributed by atoms with E-state index in [2.05, 4.69) is 4.98 Å². The van der Waals surface area contributed by atoms with Crippen molar-refractivity contribution in [3.8, 4) is 0 Å². The molecular formula is C15H8F3NS2. The van der Waals surface area contributed by atoms with Gasteiger partial charge in [-0.05, 0) is 23.3 Å². The Bertz CT molecular complexity index is 807. The minimum Gasteiger partial charge on any atom is -0.232 e. The van der Waals surface area contributed by atoms with Crippen LogP contribution in [0.25, 0.3) is 10.2 Å². The topological polar surface area (TPSA) is 12.9 Å². The standard InChI is InChI=1S/C15H8F3NS2/c16-15(17,18)14-19-11-8-10(6-7-12(11)21-14)13(20)9-4-2-1-3-5-9/h1-8H. The predicted molar refractivity (Wildman–Crippen MR) is 81.9 cm³/mol. The fraction of sp³-hybridized carbons (Fsp3) is 0.0667. The number of fused-ring (bicyclic) bond motifs is 1. The lowest BCUT2D eigenvalue weighted by molar-refractivity contribution is -0.137. The molecule has 1 nitrogen and oxygen atoms in total. The Morgan fingerprint density at radius 2 is 1.71 bits per heavy atom. The maximum Gasteiger partial charge on any atom is 0.443 e. The van der Waals surface area contributed by atoms with Crippen LogP contribution in [-0.4, -0.2) is 9.85 Å². The number of alkyl halides is 3. The lowest BCUT2D eigenvalue weighted by atomic mass is 10.0. The van der Waals surface area contributed by atoms with Crippen molar-refractivity contribution in [3.63, 3.8) is 0 Å². The van der Waals surface area contributed by atoms with Gasteiger partial charge in [0.25, 0.3) is 0 Å². The maximum atomic E-state index is 12.7. The Morgan fingerprint density at radius 3 is 2.38 bits per heavy atom. The lowest BCUT2D eigenvalue weighted by Crippen LogP contribution is -2.03. The molecule has 0 unspecified atom stereocenters. The van der Waals surface area contributed by atoms with Gasteiger partial charge < -0.3 is 0 Å². The van der Waals surface area contributed by atoms with E-state index in [1.165, 1.54) is 0 Å². The zero-order valence-electron chi connectivity index (χ0n) is 10.5. The van der Waals surface area contributed by atoms with E-state index in [4.69, 9.17) is 12.2 Å². The number of halogens is 3. The van der Waals surface area contributed by atoms with Crippen molar-refractivity contribution in [2.45, 2.75) is 6.18 Å². The van der Waals surface area contributed by atoms with Crippen molar-refractivity contribution < 1.29 is 13.2 Å². The second-order valence-electron chi connectivity index (χ2n) is 4.39. The minimum atomic E-state index is -4.41. The van der Waals surface area contributed by atoms with Gasteiger partial charge in [0.2, 0.25) is 0 Å². The first-order valence-corrected chi connectivity index (χ1v) is 7.25. The van der Waals surface area contributed by atoms with Crippen molar-refractivity contribution in [1.29, 1.82) is 0 Å². The number of thiocarbonyl (C=S) groups is 1. The molecule has 0 atom stereocenters. The van der Waals surface area contributed by atoms with Gasteiger partial charge in [0, 0.05) is 0 Å². The summed E-state index contributed by atoms with van der Waals surface area (Å²) in [4.78, 5) is 4.25. The minimum absolute atomic E-state index is 0.322. The number of hydrogen-bond donors (Lipinski definition) is 0. The third-order valence-corrected chi connectivity index (χ3v) is 4.48. The number of hydrogen-bond acceptors (Lipinski definition) is 3. The molecule has 1 aromatic heterocycles. The fourth-order valence-corrected chi connectivity index (χ4v) is 3.02. The summed E-state index contributed by atoms with van der Waals surface area (Å²) in [6.45, 7) is 0. The highest BCUT2D eigenvalue weighted by molar-refractivity contribution is 7.81. The molecule has 106 valence electrons. The number of nitrogens with zero attached hydrogens (tertiary/aromatic N) is 1. The van der Waals surface area contributed by atoms with Gasteiger partial charge in [-0.1, -0.05) is 48.6 Å². The molecule has 0 saturated carbocycles. The van der Waals surface area contributed by atoms with Crippen molar-refractivity contribution in [2.24, 2.45) is 0 Å². The zero-order chi connectivity index (χ0) is 15.0. The van der Waals surface area contributed by atoms with Gasteiger partial charge in [0.1, 0.15) is 0 Å². The molecule has 0 aliphatic carbocycles. The molecule has 0 spiro atoms. The number of thiazole rings is 1. The van der Waals surface area contributed by atoms with Crippen molar-refractivity contribution >= 4 is 38.6 Å². The van der Waals surface area contributed by atoms with Crippen LogP contribution in [0.1, 0.15) is 16.1 Å². The van der Waals surface area contributed by atoms with Gasteiger partial charge in [0.05, 0.1) is 15.1 Å². The average molecular weight is 323 g/mol. The quantitative estimate of drug-likeness (QED) is 0.482. The summed E-state index contributed by atoms with van der Waals surface area (Å²) in [5, 5.41) is -0.833. The van der Waals surface area contributed by atoms with Gasteiger partial charge >= 0.3 is 6.18 Å². The second kappa shape index (κ2) is 5.20. The van der Waals surface area contributed by atoms with Crippen LogP contribution in [0.5, 0.6) is 0 Å². The van der Waals surface area contributed by atoms with Crippen LogP contribution in [-0.2, 0) is 6.18 Å². The summed E-state index contributed by atoms with van der Waals surface area (Å²) in [5.74, 6) is 0. The highest BCUT2D eigenvalue weighted by atomic mass is 32.1. The molecule has 0 fully saturated rings. The Labute approximate surface area is 128 Å². The van der Waals surface area contributed by atoms with E-state index in [-0.39, 0.29) is 0 Å². The van der Waals surface area contributed by atoms with E-state index < -0.39 is 11.2 Å². The van der Waals surface area contributed by atoms with Crippen LogP contribution in [0.15, 0.2) is 48.5 Å². The SMILES string of the molecule is FC(F)(F)c1nc2cc(C(=S)c3ccccc3)ccc2s1. The van der Waals surface area contributed by atoms with E-state index >= 15 is 0 Å². The molecule has 0 N–H and O–H groups in total. The van der Waals surface area contributed by atoms with E-state index in [9.17, 15) is 13.2 Å². The Kier molecular flexibility index (Phi) is 3.51. The van der Waals surface area contributed by atoms with Crippen molar-refractivity contribution in [1.82, 2.24) is 4.98 Å². The van der Waals surface area contributed by atoms with Crippen LogP contribution < -0.4 is 0 Å². The summed E-state index contributed by atoms with van der Waals surface area (Å²) in [5.41, 5.74) is 1.88. The third kappa shape index (κ3) is 2.82. The van der Waals surface area contributed by atoms with Gasteiger partial charge in [-0.2, -0.15) is 13.2 Å². The van der Waals surface area contributed by atoms with Gasteiger partial charge in [-0.15, -0.1) is 11.3 Å². The van der Waals surface area contributed by atoms with Crippen LogP contribution in [0.3, 0.4) is 0 Å². The molecule has 2 aromatic carbocycles. The molecule has 21 heavy (non-hydrogen) atoms. The number of aromatic nitrogens is 1. The molecule has 0 saturated heterocycles. The smallest absolute Gasteiger partial charge is 0.232 e. The highest BCUT2D eigenvalue weighted by Gasteiger charge is 2.34. The van der Waals surface area contributed by atoms with E-state index in [0.29, 0.717) is 32.0 Å². The Balaban J connectivity index is 2.03. The van der Waals surface area contributed by atoms with Crippen LogP contribution >= 0.6 is 23.6 Å². The molecule has 0 aliphatic rings. The third-order valence-electron chi connectivity index (χ3n) is 2.93. The van der Waals surface area contributed by atoms with Gasteiger partial charge in [-0.3, -0.25) is 0 Å². The van der Waals surface area contributed by atoms with Crippen LogP contribution in [0.4, 0.5) is 13.2 Å². The van der Waals surface area contributed by atoms with E-state index in [1.54, 1.807) is 18.2 Å². The normalized spacial score (nSPS) is 11.8. The van der Waals surface area contributed by atoms with Gasteiger partial charge in [-0.25, -0.2) is 4.98 Å². The summed E-state index contributed by atoms with van der Waals surface area (Å²) in [6, 6.07) is 14.3. The molecule has 0 bridgehead atoms. The molecule has 3 rings (SSSR count). The van der Waals surface area contributed by atoms with Gasteiger partial charge in [0.15, 0.2) is 5.01 Å². The summed E-state index contributed by atoms with van der Waals surface area (Å²) in [6.07, 6.45) is -4.41.